The van der Waals surface area contributed by atoms with Crippen LogP contribution in [-0.2, 0) is 0 Å². The quantitative estimate of drug-likeness (QED) is 0.827. The molecule has 1 aliphatic heterocycles. The normalized spacial score (nSPS) is 26.3. The summed E-state index contributed by atoms with van der Waals surface area (Å²) in [5.74, 6) is 0.920. The fraction of sp³-hybridized carbons (Fsp3) is 1.00. The van der Waals surface area contributed by atoms with Crippen molar-refractivity contribution in [3.05, 3.63) is 0 Å². The van der Waals surface area contributed by atoms with Gasteiger partial charge in [0.2, 0.25) is 0 Å². The first-order chi connectivity index (χ1) is 8.74. The lowest BCUT2D eigenvalue weighted by Gasteiger charge is -2.37. The van der Waals surface area contributed by atoms with Gasteiger partial charge in [0.25, 0.3) is 0 Å². The average molecular weight is 270 g/mol. The summed E-state index contributed by atoms with van der Waals surface area (Å²) >= 11 is 2.11. The fourth-order valence-electron chi connectivity index (χ4n) is 3.42. The minimum atomic E-state index is 0.559. The molecule has 2 rings (SSSR count). The van der Waals surface area contributed by atoms with Crippen molar-refractivity contribution in [2.75, 3.05) is 39.5 Å². The molecule has 0 unspecified atom stereocenters. The van der Waals surface area contributed by atoms with E-state index in [0.717, 1.165) is 5.92 Å². The summed E-state index contributed by atoms with van der Waals surface area (Å²) in [6, 6.07) is 0. The maximum atomic E-state index is 3.79. The Bertz CT molecular complexity index is 231. The van der Waals surface area contributed by atoms with Gasteiger partial charge in [0.1, 0.15) is 0 Å². The molecule has 0 aromatic rings. The summed E-state index contributed by atoms with van der Waals surface area (Å²) in [5.41, 5.74) is 0. The van der Waals surface area contributed by atoms with Crippen LogP contribution >= 0.6 is 11.8 Å². The van der Waals surface area contributed by atoms with Crippen LogP contribution in [0.15, 0.2) is 0 Å². The predicted molar refractivity (Wildman–Crippen MR) is 82.4 cm³/mol. The van der Waals surface area contributed by atoms with E-state index >= 15 is 0 Å². The van der Waals surface area contributed by atoms with Crippen molar-refractivity contribution in [1.82, 2.24) is 10.2 Å². The molecule has 1 saturated heterocycles. The number of piperidine rings is 1. The van der Waals surface area contributed by atoms with E-state index in [-0.39, 0.29) is 0 Å². The van der Waals surface area contributed by atoms with Crippen LogP contribution in [0.4, 0.5) is 0 Å². The van der Waals surface area contributed by atoms with Gasteiger partial charge in [0.15, 0.2) is 0 Å². The molecule has 0 aromatic carbocycles. The van der Waals surface area contributed by atoms with E-state index in [1.807, 2.05) is 0 Å². The average Bonchev–Trinajstić information content (AvgIpc) is 2.42. The second kappa shape index (κ2) is 7.16. The third-order valence-corrected chi connectivity index (χ3v) is 6.33. The third-order valence-electron chi connectivity index (χ3n) is 4.92. The maximum Gasteiger partial charge on any atom is 0.0281 e. The van der Waals surface area contributed by atoms with Crippen molar-refractivity contribution in [3.63, 3.8) is 0 Å². The third kappa shape index (κ3) is 4.14. The lowest BCUT2D eigenvalue weighted by atomic mass is 9.88. The highest BCUT2D eigenvalue weighted by molar-refractivity contribution is 8.00. The van der Waals surface area contributed by atoms with Gasteiger partial charge < -0.3 is 10.2 Å². The molecule has 18 heavy (non-hydrogen) atoms. The first kappa shape index (κ1) is 14.7. The van der Waals surface area contributed by atoms with E-state index in [4.69, 9.17) is 0 Å². The minimum Gasteiger partial charge on any atom is -0.315 e. The van der Waals surface area contributed by atoms with Gasteiger partial charge in [-0.25, -0.2) is 0 Å². The number of rotatable bonds is 5. The molecular formula is C15H30N2S. The Balaban J connectivity index is 1.67. The predicted octanol–water partition coefficient (Wildman–Crippen LogP) is 2.98. The standard InChI is InChI=1S/C15H30N2S/c1-17-10-6-14(7-11-17)12-16-13-15(18-2)8-4-3-5-9-15/h14,16H,3-13H2,1-2H3. The molecule has 0 radical (unpaired) electrons. The van der Waals surface area contributed by atoms with Crippen LogP contribution in [0.1, 0.15) is 44.9 Å². The Labute approximate surface area is 117 Å². The molecule has 0 aromatic heterocycles. The van der Waals surface area contributed by atoms with Gasteiger partial charge in [0.05, 0.1) is 0 Å². The van der Waals surface area contributed by atoms with E-state index in [1.54, 1.807) is 0 Å². The molecule has 2 fully saturated rings. The molecule has 1 N–H and O–H groups in total. The van der Waals surface area contributed by atoms with Gasteiger partial charge in [-0.1, -0.05) is 19.3 Å². The highest BCUT2D eigenvalue weighted by atomic mass is 32.2. The van der Waals surface area contributed by atoms with Crippen molar-refractivity contribution in [2.24, 2.45) is 5.92 Å². The molecular weight excluding hydrogens is 240 g/mol. The van der Waals surface area contributed by atoms with E-state index < -0.39 is 0 Å². The molecule has 1 aliphatic carbocycles. The summed E-state index contributed by atoms with van der Waals surface area (Å²) in [4.78, 5) is 2.46. The number of nitrogens with one attached hydrogen (secondary N) is 1. The van der Waals surface area contributed by atoms with Gasteiger partial charge in [-0.05, 0) is 64.5 Å². The Kier molecular flexibility index (Phi) is 5.84. The highest BCUT2D eigenvalue weighted by Crippen LogP contribution is 2.38. The van der Waals surface area contributed by atoms with Gasteiger partial charge >= 0.3 is 0 Å². The van der Waals surface area contributed by atoms with Crippen molar-refractivity contribution in [3.8, 4) is 0 Å². The molecule has 0 amide bonds. The van der Waals surface area contributed by atoms with Crippen LogP contribution in [0.2, 0.25) is 0 Å². The van der Waals surface area contributed by atoms with Gasteiger partial charge in [-0.2, -0.15) is 11.8 Å². The van der Waals surface area contributed by atoms with Crippen molar-refractivity contribution in [1.29, 1.82) is 0 Å². The van der Waals surface area contributed by atoms with Crippen LogP contribution in [0, 0.1) is 5.92 Å². The zero-order chi connectivity index (χ0) is 12.8. The Morgan fingerprint density at radius 2 is 1.83 bits per heavy atom. The van der Waals surface area contributed by atoms with Crippen LogP contribution in [0.3, 0.4) is 0 Å². The molecule has 1 saturated carbocycles. The summed E-state index contributed by atoms with van der Waals surface area (Å²) in [6.07, 6.45) is 12.3. The summed E-state index contributed by atoms with van der Waals surface area (Å²) < 4.78 is 0.559. The number of thioether (sulfide) groups is 1. The summed E-state index contributed by atoms with van der Waals surface area (Å²) in [7, 11) is 2.24. The first-order valence-corrected chi connectivity index (χ1v) is 8.91. The van der Waals surface area contributed by atoms with Crippen molar-refractivity contribution < 1.29 is 0 Å². The highest BCUT2D eigenvalue weighted by Gasteiger charge is 2.30. The smallest absolute Gasteiger partial charge is 0.0281 e. The topological polar surface area (TPSA) is 15.3 Å². The summed E-state index contributed by atoms with van der Waals surface area (Å²) in [5, 5.41) is 3.79. The zero-order valence-electron chi connectivity index (χ0n) is 12.2. The number of nitrogens with zero attached hydrogens (tertiary/aromatic N) is 1. The van der Waals surface area contributed by atoms with E-state index in [1.165, 1.54) is 71.1 Å². The molecule has 3 heteroatoms. The lowest BCUT2D eigenvalue weighted by molar-refractivity contribution is 0.214. The van der Waals surface area contributed by atoms with Crippen LogP contribution in [-0.4, -0.2) is 49.1 Å². The SMILES string of the molecule is CSC1(CNCC2CCN(C)CC2)CCCCC1. The number of likely N-dealkylation sites (tertiary alicyclic amines) is 1. The Morgan fingerprint density at radius 3 is 2.44 bits per heavy atom. The second-order valence-electron chi connectivity index (χ2n) is 6.33. The summed E-state index contributed by atoms with van der Waals surface area (Å²) in [6.45, 7) is 5.07. The number of hydrogen-bond donors (Lipinski definition) is 1. The molecule has 2 nitrogen and oxygen atoms in total. The minimum absolute atomic E-state index is 0.559. The molecule has 2 aliphatic rings. The van der Waals surface area contributed by atoms with E-state index in [9.17, 15) is 0 Å². The molecule has 0 spiro atoms. The van der Waals surface area contributed by atoms with Crippen LogP contribution in [0.25, 0.3) is 0 Å². The molecule has 0 atom stereocenters. The molecule has 1 heterocycles. The first-order valence-electron chi connectivity index (χ1n) is 7.68. The van der Waals surface area contributed by atoms with Crippen molar-refractivity contribution in [2.45, 2.75) is 49.7 Å². The van der Waals surface area contributed by atoms with Crippen molar-refractivity contribution >= 4 is 11.8 Å². The monoisotopic (exact) mass is 270 g/mol. The Morgan fingerprint density at radius 1 is 1.17 bits per heavy atom. The van der Waals surface area contributed by atoms with E-state index in [2.05, 4.69) is 35.3 Å². The largest absolute Gasteiger partial charge is 0.315 e. The van der Waals surface area contributed by atoms with Gasteiger partial charge in [0, 0.05) is 11.3 Å². The van der Waals surface area contributed by atoms with Crippen LogP contribution in [0.5, 0.6) is 0 Å². The van der Waals surface area contributed by atoms with Gasteiger partial charge in [-0.3, -0.25) is 0 Å². The van der Waals surface area contributed by atoms with Gasteiger partial charge in [-0.15, -0.1) is 0 Å². The van der Waals surface area contributed by atoms with Crippen LogP contribution < -0.4 is 5.32 Å². The molecule has 0 bridgehead atoms. The molecule has 106 valence electrons. The van der Waals surface area contributed by atoms with E-state index in [0.29, 0.717) is 4.75 Å². The zero-order valence-corrected chi connectivity index (χ0v) is 13.0. The second-order valence-corrected chi connectivity index (χ2v) is 7.60. The lowest BCUT2D eigenvalue weighted by Crippen LogP contribution is -2.42. The maximum absolute atomic E-state index is 3.79. The fourth-order valence-corrected chi connectivity index (χ4v) is 4.36. The number of hydrogen-bond acceptors (Lipinski definition) is 3. The Hall–Kier alpha value is 0.270.